The average molecular weight is 355 g/mol. The molecule has 0 saturated carbocycles. The van der Waals surface area contributed by atoms with Crippen molar-refractivity contribution in [2.45, 2.75) is 12.4 Å². The topological polar surface area (TPSA) is 38.7 Å². The van der Waals surface area contributed by atoms with E-state index in [-0.39, 0.29) is 5.71 Å². The van der Waals surface area contributed by atoms with Crippen molar-refractivity contribution in [2.24, 2.45) is 4.99 Å². The lowest BCUT2D eigenvalue weighted by atomic mass is 10.1. The molecule has 1 aliphatic heterocycles. The maximum absolute atomic E-state index is 12.3. The Kier molecular flexibility index (Phi) is 3.11. The van der Waals surface area contributed by atoms with Crippen molar-refractivity contribution in [3.05, 3.63) is 33.4 Å². The van der Waals surface area contributed by atoms with Crippen molar-refractivity contribution in [3.8, 4) is 0 Å². The minimum Gasteiger partial charge on any atom is -0.425 e. The van der Waals surface area contributed by atoms with Crippen molar-refractivity contribution >= 4 is 34.3 Å². The van der Waals surface area contributed by atoms with Gasteiger partial charge in [-0.2, -0.15) is 13.2 Å². The summed E-state index contributed by atoms with van der Waals surface area (Å²) in [6.45, 7) is 0. The van der Waals surface area contributed by atoms with Gasteiger partial charge in [0.1, 0.15) is 0 Å². The summed E-state index contributed by atoms with van der Waals surface area (Å²) in [7, 11) is 0. The summed E-state index contributed by atoms with van der Waals surface area (Å²) >= 11 is 2.05. The highest BCUT2D eigenvalue weighted by atomic mass is 127. The first-order valence-electron chi connectivity index (χ1n) is 4.49. The Balaban J connectivity index is 2.33. The van der Waals surface area contributed by atoms with Crippen LogP contribution in [0.1, 0.15) is 5.56 Å². The number of ether oxygens (including phenoxy) is 1. The molecule has 1 aromatic carbocycles. The summed E-state index contributed by atoms with van der Waals surface area (Å²) in [6.07, 6.45) is -7.05. The van der Waals surface area contributed by atoms with Gasteiger partial charge in [0.25, 0.3) is 6.23 Å². The summed E-state index contributed by atoms with van der Waals surface area (Å²) in [5.74, 6) is -1.05. The molecule has 1 heterocycles. The molecule has 0 fully saturated rings. The first-order chi connectivity index (χ1) is 7.88. The molecule has 0 aliphatic carbocycles. The molecule has 1 unspecified atom stereocenters. The van der Waals surface area contributed by atoms with Gasteiger partial charge in [0.15, 0.2) is 5.71 Å². The van der Waals surface area contributed by atoms with E-state index in [4.69, 9.17) is 0 Å². The Bertz CT molecular complexity index is 481. The fourth-order valence-corrected chi connectivity index (χ4v) is 1.65. The molecule has 0 radical (unpaired) electrons. The molecule has 1 atom stereocenters. The number of esters is 1. The number of nitrogens with zero attached hydrogens (tertiary/aromatic N) is 1. The highest BCUT2D eigenvalue weighted by molar-refractivity contribution is 14.1. The Hall–Kier alpha value is -1.12. The molecular weight excluding hydrogens is 350 g/mol. The second kappa shape index (κ2) is 4.28. The zero-order chi connectivity index (χ0) is 12.6. The monoisotopic (exact) mass is 355 g/mol. The Labute approximate surface area is 108 Å². The van der Waals surface area contributed by atoms with Crippen LogP contribution in [0.2, 0.25) is 0 Å². The first kappa shape index (κ1) is 12.3. The van der Waals surface area contributed by atoms with Gasteiger partial charge in [0, 0.05) is 9.13 Å². The number of hydrogen-bond donors (Lipinski definition) is 0. The van der Waals surface area contributed by atoms with Crippen LogP contribution in [0.25, 0.3) is 0 Å². The van der Waals surface area contributed by atoms with E-state index in [2.05, 4.69) is 9.73 Å². The lowest BCUT2D eigenvalue weighted by molar-refractivity contribution is -0.210. The number of halogens is 4. The number of aliphatic imine (C=N–C) groups is 1. The Morgan fingerprint density at radius 2 is 1.82 bits per heavy atom. The molecule has 1 aliphatic rings. The van der Waals surface area contributed by atoms with E-state index in [0.717, 1.165) is 3.57 Å². The van der Waals surface area contributed by atoms with Crippen LogP contribution in [0, 0.1) is 3.57 Å². The van der Waals surface area contributed by atoms with Crippen LogP contribution in [-0.4, -0.2) is 24.1 Å². The SMILES string of the molecule is O=C1OC(C(F)(F)F)N=C1c1ccc(I)cc1. The smallest absolute Gasteiger partial charge is 0.425 e. The van der Waals surface area contributed by atoms with Crippen LogP contribution in [0.15, 0.2) is 29.3 Å². The predicted molar refractivity (Wildman–Crippen MR) is 61.6 cm³/mol. The zero-order valence-electron chi connectivity index (χ0n) is 8.16. The minimum absolute atomic E-state index is 0.288. The number of benzene rings is 1. The molecule has 3 nitrogen and oxygen atoms in total. The van der Waals surface area contributed by atoms with Crippen molar-refractivity contribution in [2.75, 3.05) is 0 Å². The number of carbonyl (C=O) groups is 1. The van der Waals surface area contributed by atoms with Crippen molar-refractivity contribution in [3.63, 3.8) is 0 Å². The van der Waals surface area contributed by atoms with Gasteiger partial charge in [-0.05, 0) is 34.7 Å². The standard InChI is InChI=1S/C10H5F3INO2/c11-10(12,13)9-15-7(8(16)17-9)5-1-3-6(14)4-2-5/h1-4,9H. The number of rotatable bonds is 1. The van der Waals surface area contributed by atoms with Crippen LogP contribution in [0.5, 0.6) is 0 Å². The average Bonchev–Trinajstić information content (AvgIpc) is 2.61. The van der Waals surface area contributed by atoms with Gasteiger partial charge in [-0.15, -0.1) is 0 Å². The first-order valence-corrected chi connectivity index (χ1v) is 5.57. The van der Waals surface area contributed by atoms with E-state index in [1.54, 1.807) is 12.1 Å². The quantitative estimate of drug-likeness (QED) is 0.574. The number of hydrogen-bond acceptors (Lipinski definition) is 3. The summed E-state index contributed by atoms with van der Waals surface area (Å²) in [5, 5.41) is 0. The number of alkyl halides is 3. The van der Waals surface area contributed by atoms with E-state index >= 15 is 0 Å². The van der Waals surface area contributed by atoms with Gasteiger partial charge in [0.2, 0.25) is 0 Å². The summed E-state index contributed by atoms with van der Waals surface area (Å²) in [4.78, 5) is 14.5. The van der Waals surface area contributed by atoms with Gasteiger partial charge in [-0.3, -0.25) is 0 Å². The van der Waals surface area contributed by atoms with Crippen molar-refractivity contribution in [1.29, 1.82) is 0 Å². The van der Waals surface area contributed by atoms with E-state index in [1.165, 1.54) is 12.1 Å². The Morgan fingerprint density at radius 1 is 1.24 bits per heavy atom. The minimum atomic E-state index is -4.67. The molecule has 7 heteroatoms. The molecule has 1 aromatic rings. The van der Waals surface area contributed by atoms with E-state index in [0.29, 0.717) is 5.56 Å². The summed E-state index contributed by atoms with van der Waals surface area (Å²) in [5.41, 5.74) is 0.0332. The third-order valence-corrected chi connectivity index (χ3v) is 2.78. The van der Waals surface area contributed by atoms with Crippen LogP contribution >= 0.6 is 22.6 Å². The molecule has 17 heavy (non-hydrogen) atoms. The highest BCUT2D eigenvalue weighted by Crippen LogP contribution is 2.28. The zero-order valence-corrected chi connectivity index (χ0v) is 10.3. The molecule has 0 saturated heterocycles. The third kappa shape index (κ3) is 2.59. The Morgan fingerprint density at radius 3 is 2.29 bits per heavy atom. The van der Waals surface area contributed by atoms with Gasteiger partial charge in [-0.25, -0.2) is 9.79 Å². The lowest BCUT2D eigenvalue weighted by Gasteiger charge is -2.09. The van der Waals surface area contributed by atoms with Gasteiger partial charge >= 0.3 is 12.1 Å². The van der Waals surface area contributed by atoms with Crippen LogP contribution < -0.4 is 0 Å². The van der Waals surface area contributed by atoms with Crippen LogP contribution in [0.3, 0.4) is 0 Å². The molecule has 0 N–H and O–H groups in total. The van der Waals surface area contributed by atoms with Gasteiger partial charge in [-0.1, -0.05) is 12.1 Å². The number of carbonyl (C=O) groups excluding carboxylic acids is 1. The van der Waals surface area contributed by atoms with E-state index in [9.17, 15) is 18.0 Å². The fourth-order valence-electron chi connectivity index (χ4n) is 1.29. The molecule has 0 bridgehead atoms. The van der Waals surface area contributed by atoms with Gasteiger partial charge in [0.05, 0.1) is 0 Å². The molecule has 0 amide bonds. The molecular formula is C10H5F3INO2. The van der Waals surface area contributed by atoms with E-state index < -0.39 is 18.4 Å². The van der Waals surface area contributed by atoms with Crippen molar-refractivity contribution < 1.29 is 22.7 Å². The van der Waals surface area contributed by atoms with Gasteiger partial charge < -0.3 is 4.74 Å². The molecule has 0 spiro atoms. The van der Waals surface area contributed by atoms with Crippen LogP contribution in [-0.2, 0) is 9.53 Å². The largest absolute Gasteiger partial charge is 0.447 e. The third-order valence-electron chi connectivity index (χ3n) is 2.06. The second-order valence-corrected chi connectivity index (χ2v) is 4.53. The lowest BCUT2D eigenvalue weighted by Crippen LogP contribution is -2.27. The highest BCUT2D eigenvalue weighted by Gasteiger charge is 2.47. The summed E-state index contributed by atoms with van der Waals surface area (Å²) < 4.78 is 42.0. The summed E-state index contributed by atoms with van der Waals surface area (Å²) in [6, 6.07) is 6.40. The predicted octanol–water partition coefficient (Wildman–Crippen LogP) is 2.53. The van der Waals surface area contributed by atoms with Crippen LogP contribution in [0.4, 0.5) is 13.2 Å². The molecule has 2 rings (SSSR count). The maximum Gasteiger partial charge on any atom is 0.447 e. The number of cyclic esters (lactones) is 1. The fraction of sp³-hybridized carbons (Fsp3) is 0.200. The normalized spacial score (nSPS) is 20.1. The molecule has 0 aromatic heterocycles. The molecule has 90 valence electrons. The maximum atomic E-state index is 12.3. The van der Waals surface area contributed by atoms with E-state index in [1.807, 2.05) is 22.6 Å². The van der Waals surface area contributed by atoms with Crippen molar-refractivity contribution in [1.82, 2.24) is 0 Å². The second-order valence-electron chi connectivity index (χ2n) is 3.28.